The van der Waals surface area contributed by atoms with E-state index in [9.17, 15) is 9.90 Å². The quantitative estimate of drug-likeness (QED) is 0.871. The third kappa shape index (κ3) is 2.52. The van der Waals surface area contributed by atoms with Gasteiger partial charge in [-0.25, -0.2) is 0 Å². The summed E-state index contributed by atoms with van der Waals surface area (Å²) >= 11 is 0. The summed E-state index contributed by atoms with van der Waals surface area (Å²) in [7, 11) is 0. The summed E-state index contributed by atoms with van der Waals surface area (Å²) in [6, 6.07) is 9.43. The van der Waals surface area contributed by atoms with Crippen LogP contribution in [-0.4, -0.2) is 17.6 Å². The summed E-state index contributed by atoms with van der Waals surface area (Å²) in [5, 5.41) is 12.5. The Hall–Kier alpha value is -1.35. The summed E-state index contributed by atoms with van der Waals surface area (Å²) in [5.74, 6) is 1.66. The second kappa shape index (κ2) is 5.33. The van der Waals surface area contributed by atoms with Gasteiger partial charge in [0, 0.05) is 5.92 Å². The predicted molar refractivity (Wildman–Crippen MR) is 73.3 cm³/mol. The van der Waals surface area contributed by atoms with Crippen LogP contribution < -0.4 is 5.32 Å². The number of carbonyl (C=O) groups excluding carboxylic acids is 1. The summed E-state index contributed by atoms with van der Waals surface area (Å²) in [6.45, 7) is -0.0451. The van der Waals surface area contributed by atoms with Crippen molar-refractivity contribution in [3.8, 4) is 0 Å². The van der Waals surface area contributed by atoms with Crippen LogP contribution in [0, 0.1) is 17.8 Å². The first kappa shape index (κ1) is 12.7. The average molecular weight is 259 g/mol. The number of hydrogen-bond donors (Lipinski definition) is 2. The number of hydrogen-bond acceptors (Lipinski definition) is 2. The number of rotatable bonds is 4. The molecule has 4 atom stereocenters. The second-order valence-corrected chi connectivity index (χ2v) is 5.94. The van der Waals surface area contributed by atoms with Crippen LogP contribution in [0.1, 0.15) is 37.3 Å². The lowest BCUT2D eigenvalue weighted by molar-refractivity contribution is -0.127. The van der Waals surface area contributed by atoms with Gasteiger partial charge in [-0.2, -0.15) is 0 Å². The molecule has 2 aliphatic rings. The molecule has 0 spiro atoms. The molecule has 3 rings (SSSR count). The maximum atomic E-state index is 12.4. The van der Waals surface area contributed by atoms with E-state index in [4.69, 9.17) is 0 Å². The van der Waals surface area contributed by atoms with Gasteiger partial charge in [-0.15, -0.1) is 0 Å². The number of amides is 1. The van der Waals surface area contributed by atoms with Crippen LogP contribution in [0.25, 0.3) is 0 Å². The van der Waals surface area contributed by atoms with Crippen molar-refractivity contribution in [2.24, 2.45) is 17.8 Å². The smallest absolute Gasteiger partial charge is 0.223 e. The minimum atomic E-state index is -0.271. The first-order chi connectivity index (χ1) is 9.28. The molecular formula is C16H21NO2. The number of fused-ring (bicyclic) bond motifs is 2. The molecule has 2 N–H and O–H groups in total. The van der Waals surface area contributed by atoms with Crippen molar-refractivity contribution in [3.05, 3.63) is 35.9 Å². The van der Waals surface area contributed by atoms with E-state index in [1.54, 1.807) is 0 Å². The molecule has 2 bridgehead atoms. The largest absolute Gasteiger partial charge is 0.394 e. The normalized spacial score (nSPS) is 30.3. The standard InChI is InChI=1S/C16H21NO2/c18-10-15(12-4-2-1-3-5-12)17-16(19)14-9-11-6-7-13(14)8-11/h1-5,11,13-15,18H,6-10H2,(H,17,19)/t11?,13?,14?,15-/m1/s1. The van der Waals surface area contributed by atoms with E-state index < -0.39 is 0 Å². The lowest BCUT2D eigenvalue weighted by Crippen LogP contribution is -2.37. The molecule has 19 heavy (non-hydrogen) atoms. The number of benzene rings is 1. The molecule has 3 nitrogen and oxygen atoms in total. The second-order valence-electron chi connectivity index (χ2n) is 5.94. The summed E-state index contributed by atoms with van der Waals surface area (Å²) in [4.78, 5) is 12.4. The van der Waals surface area contributed by atoms with Crippen LogP contribution in [0.2, 0.25) is 0 Å². The zero-order valence-corrected chi connectivity index (χ0v) is 11.1. The molecule has 3 heteroatoms. The lowest BCUT2D eigenvalue weighted by Gasteiger charge is -2.24. The van der Waals surface area contributed by atoms with E-state index in [2.05, 4.69) is 5.32 Å². The Labute approximate surface area is 114 Å². The Morgan fingerprint density at radius 1 is 1.26 bits per heavy atom. The number of nitrogens with one attached hydrogen (secondary N) is 1. The fourth-order valence-corrected chi connectivity index (χ4v) is 3.76. The first-order valence-corrected chi connectivity index (χ1v) is 7.24. The molecule has 0 saturated heterocycles. The van der Waals surface area contributed by atoms with Crippen LogP contribution in [0.4, 0.5) is 0 Å². The van der Waals surface area contributed by atoms with Gasteiger partial charge in [0.25, 0.3) is 0 Å². The molecule has 2 saturated carbocycles. The van der Waals surface area contributed by atoms with Gasteiger partial charge < -0.3 is 10.4 Å². The predicted octanol–water partition coefficient (Wildman–Crippen LogP) is 2.27. The highest BCUT2D eigenvalue weighted by molar-refractivity contribution is 5.80. The minimum Gasteiger partial charge on any atom is -0.394 e. The molecule has 2 fully saturated rings. The third-order valence-corrected chi connectivity index (χ3v) is 4.78. The van der Waals surface area contributed by atoms with Gasteiger partial charge in [-0.3, -0.25) is 4.79 Å². The Kier molecular flexibility index (Phi) is 3.56. The van der Waals surface area contributed by atoms with E-state index >= 15 is 0 Å². The summed E-state index contributed by atoms with van der Waals surface area (Å²) < 4.78 is 0. The topological polar surface area (TPSA) is 49.3 Å². The molecule has 2 aliphatic carbocycles. The molecular weight excluding hydrogens is 238 g/mol. The Balaban J connectivity index is 1.65. The molecule has 1 aromatic carbocycles. The summed E-state index contributed by atoms with van der Waals surface area (Å²) in [5.41, 5.74) is 0.974. The van der Waals surface area contributed by atoms with Gasteiger partial charge in [-0.05, 0) is 36.7 Å². The summed E-state index contributed by atoms with van der Waals surface area (Å²) in [6.07, 6.45) is 4.78. The highest BCUT2D eigenvalue weighted by Gasteiger charge is 2.43. The number of carbonyl (C=O) groups is 1. The fourth-order valence-electron chi connectivity index (χ4n) is 3.76. The molecule has 0 heterocycles. The van der Waals surface area contributed by atoms with E-state index in [1.165, 1.54) is 19.3 Å². The van der Waals surface area contributed by atoms with Crippen LogP contribution >= 0.6 is 0 Å². The molecule has 3 unspecified atom stereocenters. The molecule has 0 radical (unpaired) electrons. The van der Waals surface area contributed by atoms with Crippen molar-refractivity contribution in [2.45, 2.75) is 31.7 Å². The Morgan fingerprint density at radius 2 is 2.05 bits per heavy atom. The minimum absolute atomic E-state index is 0.0451. The van der Waals surface area contributed by atoms with E-state index in [0.29, 0.717) is 5.92 Å². The molecule has 0 aromatic heterocycles. The highest BCUT2D eigenvalue weighted by atomic mass is 16.3. The molecule has 1 aromatic rings. The van der Waals surface area contributed by atoms with Crippen LogP contribution in [-0.2, 0) is 4.79 Å². The maximum absolute atomic E-state index is 12.4. The lowest BCUT2D eigenvalue weighted by atomic mass is 9.88. The first-order valence-electron chi connectivity index (χ1n) is 7.24. The third-order valence-electron chi connectivity index (χ3n) is 4.78. The maximum Gasteiger partial charge on any atom is 0.223 e. The Morgan fingerprint density at radius 3 is 2.63 bits per heavy atom. The SMILES string of the molecule is O=C(N[C@H](CO)c1ccccc1)C1CC2CCC1C2. The zero-order valence-electron chi connectivity index (χ0n) is 11.1. The number of aliphatic hydroxyl groups is 1. The van der Waals surface area contributed by atoms with E-state index in [-0.39, 0.29) is 24.5 Å². The molecule has 102 valence electrons. The Bertz CT molecular complexity index is 445. The van der Waals surface area contributed by atoms with E-state index in [0.717, 1.165) is 17.9 Å². The van der Waals surface area contributed by atoms with E-state index in [1.807, 2.05) is 30.3 Å². The van der Waals surface area contributed by atoms with Crippen molar-refractivity contribution >= 4 is 5.91 Å². The van der Waals surface area contributed by atoms with Gasteiger partial charge in [-0.1, -0.05) is 36.8 Å². The van der Waals surface area contributed by atoms with Gasteiger partial charge in [0.2, 0.25) is 5.91 Å². The van der Waals surface area contributed by atoms with Crippen molar-refractivity contribution in [3.63, 3.8) is 0 Å². The zero-order chi connectivity index (χ0) is 13.2. The molecule has 1 amide bonds. The number of aliphatic hydroxyl groups excluding tert-OH is 1. The average Bonchev–Trinajstić information content (AvgIpc) is 3.08. The van der Waals surface area contributed by atoms with Crippen molar-refractivity contribution < 1.29 is 9.90 Å². The van der Waals surface area contributed by atoms with Gasteiger partial charge in [0.05, 0.1) is 12.6 Å². The van der Waals surface area contributed by atoms with Crippen LogP contribution in [0.3, 0.4) is 0 Å². The van der Waals surface area contributed by atoms with Gasteiger partial charge >= 0.3 is 0 Å². The highest BCUT2D eigenvalue weighted by Crippen LogP contribution is 2.48. The van der Waals surface area contributed by atoms with Crippen molar-refractivity contribution in [1.29, 1.82) is 0 Å². The van der Waals surface area contributed by atoms with Crippen LogP contribution in [0.15, 0.2) is 30.3 Å². The molecule has 0 aliphatic heterocycles. The fraction of sp³-hybridized carbons (Fsp3) is 0.562. The van der Waals surface area contributed by atoms with Crippen LogP contribution in [0.5, 0.6) is 0 Å². The monoisotopic (exact) mass is 259 g/mol. The van der Waals surface area contributed by atoms with Crippen molar-refractivity contribution in [1.82, 2.24) is 5.32 Å². The van der Waals surface area contributed by atoms with Gasteiger partial charge in [0.15, 0.2) is 0 Å². The van der Waals surface area contributed by atoms with Crippen molar-refractivity contribution in [2.75, 3.05) is 6.61 Å². The van der Waals surface area contributed by atoms with Gasteiger partial charge in [0.1, 0.15) is 0 Å².